The van der Waals surface area contributed by atoms with Crippen LogP contribution in [0, 0.1) is 5.82 Å². The first-order valence-electron chi connectivity index (χ1n) is 9.17. The maximum Gasteiger partial charge on any atom is 0.336 e. The number of carbonyl (C=O) groups excluding carboxylic acids is 1. The van der Waals surface area contributed by atoms with E-state index in [1.807, 2.05) is 13.8 Å². The van der Waals surface area contributed by atoms with Gasteiger partial charge in [0.2, 0.25) is 5.91 Å². The van der Waals surface area contributed by atoms with Gasteiger partial charge in [-0.15, -0.1) is 0 Å². The summed E-state index contributed by atoms with van der Waals surface area (Å²) in [7, 11) is 0. The van der Waals surface area contributed by atoms with Gasteiger partial charge in [-0.2, -0.15) is 0 Å². The molecule has 146 valence electrons. The second-order valence-electron chi connectivity index (χ2n) is 6.88. The molecule has 1 heterocycles. The number of hydrogen-bond acceptors (Lipinski definition) is 3. The average molecular weight is 383 g/mol. The molecule has 3 rings (SSSR count). The van der Waals surface area contributed by atoms with E-state index < -0.39 is 23.1 Å². The molecule has 7 heteroatoms. The number of para-hydroxylation sites is 1. The molecule has 0 fully saturated rings. The second-order valence-corrected chi connectivity index (χ2v) is 6.88. The molecule has 0 aliphatic heterocycles. The lowest BCUT2D eigenvalue weighted by molar-refractivity contribution is -0.124. The van der Waals surface area contributed by atoms with Gasteiger partial charge in [-0.3, -0.25) is 14.2 Å². The summed E-state index contributed by atoms with van der Waals surface area (Å²) in [6.45, 7) is 5.46. The van der Waals surface area contributed by atoms with E-state index in [0.717, 1.165) is 10.6 Å². The van der Waals surface area contributed by atoms with Crippen molar-refractivity contribution in [3.05, 3.63) is 75.2 Å². The first-order valence-corrected chi connectivity index (χ1v) is 9.17. The van der Waals surface area contributed by atoms with Crippen LogP contribution in [0.25, 0.3) is 16.6 Å². The number of benzene rings is 2. The molecular formula is C21H22FN3O3. The maximum absolute atomic E-state index is 13.7. The van der Waals surface area contributed by atoms with Gasteiger partial charge in [0.15, 0.2) is 0 Å². The van der Waals surface area contributed by atoms with Crippen molar-refractivity contribution in [1.29, 1.82) is 0 Å². The monoisotopic (exact) mass is 383 g/mol. The topological polar surface area (TPSA) is 73.1 Å². The minimum Gasteiger partial charge on any atom is -0.352 e. The number of nitrogens with one attached hydrogen (secondary N) is 1. The molecule has 0 bridgehead atoms. The van der Waals surface area contributed by atoms with Crippen LogP contribution in [0.2, 0.25) is 0 Å². The highest BCUT2D eigenvalue weighted by Crippen LogP contribution is 2.18. The van der Waals surface area contributed by atoms with Crippen molar-refractivity contribution in [2.45, 2.75) is 39.3 Å². The molecule has 1 aromatic heterocycles. The van der Waals surface area contributed by atoms with E-state index in [1.54, 1.807) is 31.2 Å². The SMILES string of the molecule is CC[C@H](C(=O)NC(C)C)n1c(=O)n(-c2cccc(F)c2)c(=O)c2ccccc21. The van der Waals surface area contributed by atoms with E-state index in [1.165, 1.54) is 22.8 Å². The van der Waals surface area contributed by atoms with Crippen LogP contribution in [0.15, 0.2) is 58.1 Å². The number of fused-ring (bicyclic) bond motifs is 1. The van der Waals surface area contributed by atoms with Crippen LogP contribution in [0.5, 0.6) is 0 Å². The van der Waals surface area contributed by atoms with Crippen LogP contribution in [0.1, 0.15) is 33.2 Å². The lowest BCUT2D eigenvalue weighted by Gasteiger charge is -2.22. The van der Waals surface area contributed by atoms with Crippen molar-refractivity contribution in [3.63, 3.8) is 0 Å². The van der Waals surface area contributed by atoms with Crippen LogP contribution >= 0.6 is 0 Å². The van der Waals surface area contributed by atoms with E-state index in [4.69, 9.17) is 0 Å². The summed E-state index contributed by atoms with van der Waals surface area (Å²) in [5.74, 6) is -0.873. The molecule has 3 aromatic rings. The fraction of sp³-hybridized carbons (Fsp3) is 0.286. The minimum atomic E-state index is -0.805. The zero-order valence-corrected chi connectivity index (χ0v) is 16.0. The van der Waals surface area contributed by atoms with E-state index in [2.05, 4.69) is 5.32 Å². The highest BCUT2D eigenvalue weighted by Gasteiger charge is 2.25. The Morgan fingerprint density at radius 2 is 1.82 bits per heavy atom. The quantitative estimate of drug-likeness (QED) is 0.736. The molecule has 0 saturated heterocycles. The summed E-state index contributed by atoms with van der Waals surface area (Å²) in [5.41, 5.74) is -0.744. The van der Waals surface area contributed by atoms with Crippen molar-refractivity contribution < 1.29 is 9.18 Å². The summed E-state index contributed by atoms with van der Waals surface area (Å²) in [6.07, 6.45) is 0.351. The first-order chi connectivity index (χ1) is 13.3. The fourth-order valence-corrected chi connectivity index (χ4v) is 3.29. The van der Waals surface area contributed by atoms with Gasteiger partial charge in [-0.25, -0.2) is 13.8 Å². The van der Waals surface area contributed by atoms with Crippen molar-refractivity contribution in [1.82, 2.24) is 14.5 Å². The summed E-state index contributed by atoms with van der Waals surface area (Å²) < 4.78 is 16.0. The Hall–Kier alpha value is -3.22. The summed E-state index contributed by atoms with van der Waals surface area (Å²) in [6, 6.07) is 11.0. The molecule has 0 aliphatic carbocycles. The molecule has 1 N–H and O–H groups in total. The summed E-state index contributed by atoms with van der Waals surface area (Å²) in [4.78, 5) is 39.1. The number of nitrogens with zero attached hydrogens (tertiary/aromatic N) is 2. The lowest BCUT2D eigenvalue weighted by atomic mass is 10.1. The molecule has 0 saturated carbocycles. The Morgan fingerprint density at radius 3 is 2.46 bits per heavy atom. The molecule has 0 spiro atoms. The molecule has 6 nitrogen and oxygen atoms in total. The zero-order chi connectivity index (χ0) is 20.4. The molecule has 0 aliphatic rings. The largest absolute Gasteiger partial charge is 0.352 e. The standard InChI is InChI=1S/C21H22FN3O3/c1-4-17(19(26)23-13(2)3)25-18-11-6-5-10-16(18)20(27)24(21(25)28)15-9-7-8-14(22)12-15/h5-13,17H,4H2,1-3H3,(H,23,26)/t17-/m1/s1. The van der Waals surface area contributed by atoms with Gasteiger partial charge in [0.25, 0.3) is 5.56 Å². The normalized spacial score (nSPS) is 12.3. The second kappa shape index (κ2) is 7.80. The molecule has 0 unspecified atom stereocenters. The van der Waals surface area contributed by atoms with Gasteiger partial charge in [0.1, 0.15) is 11.9 Å². The van der Waals surface area contributed by atoms with Gasteiger partial charge in [-0.05, 0) is 50.6 Å². The van der Waals surface area contributed by atoms with Crippen LogP contribution in [0.4, 0.5) is 4.39 Å². The van der Waals surface area contributed by atoms with Gasteiger partial charge in [-0.1, -0.05) is 25.1 Å². The Bertz CT molecular complexity index is 1150. The Kier molecular flexibility index (Phi) is 5.44. The molecular weight excluding hydrogens is 361 g/mol. The number of rotatable bonds is 5. The number of halogens is 1. The van der Waals surface area contributed by atoms with Crippen LogP contribution in [0.3, 0.4) is 0 Å². The maximum atomic E-state index is 13.7. The smallest absolute Gasteiger partial charge is 0.336 e. The number of hydrogen-bond donors (Lipinski definition) is 1. The van der Waals surface area contributed by atoms with Crippen molar-refractivity contribution >= 4 is 16.8 Å². The van der Waals surface area contributed by atoms with E-state index in [9.17, 15) is 18.8 Å². The lowest BCUT2D eigenvalue weighted by Crippen LogP contribution is -2.45. The number of aromatic nitrogens is 2. The van der Waals surface area contributed by atoms with Crippen LogP contribution in [-0.2, 0) is 4.79 Å². The third-order valence-electron chi connectivity index (χ3n) is 4.49. The predicted octanol–water partition coefficient (Wildman–Crippen LogP) is 2.77. The number of amides is 1. The highest BCUT2D eigenvalue weighted by atomic mass is 19.1. The minimum absolute atomic E-state index is 0.0994. The van der Waals surface area contributed by atoms with Crippen LogP contribution < -0.4 is 16.6 Å². The Morgan fingerprint density at radius 1 is 1.11 bits per heavy atom. The van der Waals surface area contributed by atoms with Crippen molar-refractivity contribution in [2.75, 3.05) is 0 Å². The highest BCUT2D eigenvalue weighted by molar-refractivity contribution is 5.84. The molecule has 0 radical (unpaired) electrons. The van der Waals surface area contributed by atoms with E-state index in [0.29, 0.717) is 11.9 Å². The molecule has 28 heavy (non-hydrogen) atoms. The Labute approximate surface area is 161 Å². The van der Waals surface area contributed by atoms with Gasteiger partial charge in [0, 0.05) is 6.04 Å². The van der Waals surface area contributed by atoms with E-state index >= 15 is 0 Å². The average Bonchev–Trinajstić information content (AvgIpc) is 2.64. The molecule has 1 amide bonds. The first kappa shape index (κ1) is 19.5. The third kappa shape index (κ3) is 3.47. The number of carbonyl (C=O) groups is 1. The zero-order valence-electron chi connectivity index (χ0n) is 16.0. The predicted molar refractivity (Wildman–Crippen MR) is 106 cm³/mol. The summed E-state index contributed by atoms with van der Waals surface area (Å²) >= 11 is 0. The molecule has 1 atom stereocenters. The fourth-order valence-electron chi connectivity index (χ4n) is 3.29. The molecule has 2 aromatic carbocycles. The Balaban J connectivity index is 2.38. The van der Waals surface area contributed by atoms with Crippen LogP contribution in [-0.4, -0.2) is 21.1 Å². The summed E-state index contributed by atoms with van der Waals surface area (Å²) in [5, 5.41) is 3.10. The van der Waals surface area contributed by atoms with Gasteiger partial charge in [0.05, 0.1) is 16.6 Å². The van der Waals surface area contributed by atoms with Crippen molar-refractivity contribution in [3.8, 4) is 5.69 Å². The van der Waals surface area contributed by atoms with Gasteiger partial charge < -0.3 is 5.32 Å². The van der Waals surface area contributed by atoms with E-state index in [-0.39, 0.29) is 23.0 Å². The van der Waals surface area contributed by atoms with Gasteiger partial charge >= 0.3 is 5.69 Å². The third-order valence-corrected chi connectivity index (χ3v) is 4.49. The van der Waals surface area contributed by atoms with Crippen molar-refractivity contribution in [2.24, 2.45) is 0 Å².